The van der Waals surface area contributed by atoms with Gasteiger partial charge in [0.1, 0.15) is 0 Å². The van der Waals surface area contributed by atoms with E-state index >= 15 is 0 Å². The molecule has 0 aliphatic carbocycles. The minimum absolute atomic E-state index is 0.504. The van der Waals surface area contributed by atoms with E-state index in [1.807, 2.05) is 12.3 Å². The molecular weight excluding hydrogens is 172 g/mol. The van der Waals surface area contributed by atoms with Gasteiger partial charge in [-0.05, 0) is 17.4 Å². The zero-order valence-electron chi connectivity index (χ0n) is 8.33. The van der Waals surface area contributed by atoms with Crippen molar-refractivity contribution in [3.63, 3.8) is 0 Å². The molecule has 0 spiro atoms. The van der Waals surface area contributed by atoms with Crippen molar-refractivity contribution in [1.82, 2.24) is 4.98 Å². The van der Waals surface area contributed by atoms with Crippen molar-refractivity contribution in [1.29, 1.82) is 0 Å². The van der Waals surface area contributed by atoms with Crippen LogP contribution in [0.1, 0.15) is 18.2 Å². The lowest BCUT2D eigenvalue weighted by Gasteiger charge is -2.07. The fourth-order valence-electron chi connectivity index (χ4n) is 1.75. The van der Waals surface area contributed by atoms with Gasteiger partial charge in [0.25, 0.3) is 0 Å². The standard InChI is InChI=1S/C12H14N2/c1-2-9-8-14-12(7-13)11-6-4-3-5-10(9)11/h3-6,8H,2,7,13H2,1H3. The predicted molar refractivity (Wildman–Crippen MR) is 59.0 cm³/mol. The third-order valence-electron chi connectivity index (χ3n) is 2.53. The van der Waals surface area contributed by atoms with Crippen LogP contribution in [-0.2, 0) is 13.0 Å². The first-order chi connectivity index (χ1) is 6.86. The minimum Gasteiger partial charge on any atom is -0.325 e. The third kappa shape index (κ3) is 1.38. The van der Waals surface area contributed by atoms with Crippen molar-refractivity contribution < 1.29 is 0 Å². The summed E-state index contributed by atoms with van der Waals surface area (Å²) < 4.78 is 0. The molecule has 2 N–H and O–H groups in total. The third-order valence-corrected chi connectivity index (χ3v) is 2.53. The van der Waals surface area contributed by atoms with Gasteiger partial charge in [-0.2, -0.15) is 0 Å². The Kier molecular flexibility index (Phi) is 2.46. The van der Waals surface area contributed by atoms with Gasteiger partial charge in [0, 0.05) is 18.1 Å². The summed E-state index contributed by atoms with van der Waals surface area (Å²) in [4.78, 5) is 4.37. The van der Waals surface area contributed by atoms with Crippen molar-refractivity contribution in [2.75, 3.05) is 0 Å². The van der Waals surface area contributed by atoms with Gasteiger partial charge in [-0.15, -0.1) is 0 Å². The Balaban J connectivity index is 2.78. The molecule has 2 nitrogen and oxygen atoms in total. The van der Waals surface area contributed by atoms with Crippen LogP contribution < -0.4 is 5.73 Å². The lowest BCUT2D eigenvalue weighted by atomic mass is 10.0. The molecule has 0 unspecified atom stereocenters. The highest BCUT2D eigenvalue weighted by Gasteiger charge is 2.03. The first-order valence-corrected chi connectivity index (χ1v) is 4.92. The maximum Gasteiger partial charge on any atom is 0.0617 e. The maximum absolute atomic E-state index is 5.64. The molecule has 0 atom stereocenters. The van der Waals surface area contributed by atoms with Gasteiger partial charge < -0.3 is 5.73 Å². The van der Waals surface area contributed by atoms with Crippen LogP contribution in [0.2, 0.25) is 0 Å². The first kappa shape index (κ1) is 9.16. The molecule has 14 heavy (non-hydrogen) atoms. The number of pyridine rings is 1. The van der Waals surface area contributed by atoms with Crippen LogP contribution in [0.4, 0.5) is 0 Å². The van der Waals surface area contributed by atoms with Crippen molar-refractivity contribution in [2.45, 2.75) is 19.9 Å². The van der Waals surface area contributed by atoms with Gasteiger partial charge in [0.2, 0.25) is 0 Å². The highest BCUT2D eigenvalue weighted by molar-refractivity contribution is 5.87. The Bertz CT molecular complexity index is 407. The molecule has 0 amide bonds. The molecular formula is C12H14N2. The SMILES string of the molecule is CCc1cnc(CN)c2ccccc12. The summed E-state index contributed by atoms with van der Waals surface area (Å²) in [6, 6.07) is 8.31. The number of aryl methyl sites for hydroxylation is 1. The molecule has 2 heteroatoms. The van der Waals surface area contributed by atoms with Crippen LogP contribution in [0.15, 0.2) is 30.5 Å². The van der Waals surface area contributed by atoms with Gasteiger partial charge in [-0.3, -0.25) is 4.98 Å². The van der Waals surface area contributed by atoms with E-state index in [0.29, 0.717) is 6.54 Å². The average Bonchev–Trinajstić information content (AvgIpc) is 2.27. The first-order valence-electron chi connectivity index (χ1n) is 4.92. The summed E-state index contributed by atoms with van der Waals surface area (Å²) in [6.07, 6.45) is 2.95. The molecule has 0 fully saturated rings. The number of rotatable bonds is 2. The molecule has 2 aromatic rings. The van der Waals surface area contributed by atoms with Gasteiger partial charge >= 0.3 is 0 Å². The predicted octanol–water partition coefficient (Wildman–Crippen LogP) is 2.26. The Morgan fingerprint density at radius 3 is 2.57 bits per heavy atom. The van der Waals surface area contributed by atoms with Crippen molar-refractivity contribution in [2.24, 2.45) is 5.73 Å². The van der Waals surface area contributed by atoms with E-state index in [-0.39, 0.29) is 0 Å². The Hall–Kier alpha value is -1.41. The van der Waals surface area contributed by atoms with E-state index in [1.165, 1.54) is 16.3 Å². The molecule has 1 aromatic carbocycles. The number of aromatic nitrogens is 1. The summed E-state index contributed by atoms with van der Waals surface area (Å²) in [6.45, 7) is 2.65. The number of hydrogen-bond acceptors (Lipinski definition) is 2. The summed E-state index contributed by atoms with van der Waals surface area (Å²) >= 11 is 0. The number of benzene rings is 1. The fraction of sp³-hybridized carbons (Fsp3) is 0.250. The number of nitrogens with zero attached hydrogens (tertiary/aromatic N) is 1. The average molecular weight is 186 g/mol. The van der Waals surface area contributed by atoms with Crippen LogP contribution in [0, 0.1) is 0 Å². The lowest BCUT2D eigenvalue weighted by Crippen LogP contribution is -2.01. The lowest BCUT2D eigenvalue weighted by molar-refractivity contribution is 0.994. The van der Waals surface area contributed by atoms with Crippen LogP contribution in [0.25, 0.3) is 10.8 Å². The number of hydrogen-bond donors (Lipinski definition) is 1. The summed E-state index contributed by atoms with van der Waals surface area (Å²) in [7, 11) is 0. The van der Waals surface area contributed by atoms with E-state index in [2.05, 4.69) is 30.1 Å². The normalized spacial score (nSPS) is 10.7. The summed E-state index contributed by atoms with van der Waals surface area (Å²) in [5.41, 5.74) is 7.92. The molecule has 0 aliphatic rings. The van der Waals surface area contributed by atoms with Crippen molar-refractivity contribution in [3.05, 3.63) is 41.7 Å². The van der Waals surface area contributed by atoms with Crippen LogP contribution in [0.5, 0.6) is 0 Å². The van der Waals surface area contributed by atoms with Crippen LogP contribution in [-0.4, -0.2) is 4.98 Å². The molecule has 0 radical (unpaired) electrons. The molecule has 72 valence electrons. The number of nitrogens with two attached hydrogens (primary N) is 1. The van der Waals surface area contributed by atoms with E-state index in [9.17, 15) is 0 Å². The Labute approximate surface area is 83.8 Å². The molecule has 0 aliphatic heterocycles. The minimum atomic E-state index is 0.504. The monoisotopic (exact) mass is 186 g/mol. The second-order valence-corrected chi connectivity index (χ2v) is 3.33. The Morgan fingerprint density at radius 2 is 1.93 bits per heavy atom. The second kappa shape index (κ2) is 3.76. The smallest absolute Gasteiger partial charge is 0.0617 e. The largest absolute Gasteiger partial charge is 0.325 e. The zero-order valence-corrected chi connectivity index (χ0v) is 8.33. The van der Waals surface area contributed by atoms with Gasteiger partial charge in [0.15, 0.2) is 0 Å². The molecule has 0 saturated carbocycles. The van der Waals surface area contributed by atoms with E-state index in [1.54, 1.807) is 0 Å². The van der Waals surface area contributed by atoms with E-state index in [0.717, 1.165) is 12.1 Å². The Morgan fingerprint density at radius 1 is 1.21 bits per heavy atom. The van der Waals surface area contributed by atoms with E-state index in [4.69, 9.17) is 5.73 Å². The van der Waals surface area contributed by atoms with Gasteiger partial charge in [0.05, 0.1) is 5.69 Å². The molecule has 1 aromatic heterocycles. The van der Waals surface area contributed by atoms with Crippen molar-refractivity contribution in [3.8, 4) is 0 Å². The van der Waals surface area contributed by atoms with Crippen LogP contribution >= 0.6 is 0 Å². The summed E-state index contributed by atoms with van der Waals surface area (Å²) in [5.74, 6) is 0. The highest BCUT2D eigenvalue weighted by atomic mass is 14.7. The van der Waals surface area contributed by atoms with Gasteiger partial charge in [-0.25, -0.2) is 0 Å². The van der Waals surface area contributed by atoms with Crippen molar-refractivity contribution >= 4 is 10.8 Å². The summed E-state index contributed by atoms with van der Waals surface area (Å²) in [5, 5.41) is 2.47. The fourth-order valence-corrected chi connectivity index (χ4v) is 1.75. The zero-order chi connectivity index (χ0) is 9.97. The molecule has 2 rings (SSSR count). The molecule has 0 bridgehead atoms. The second-order valence-electron chi connectivity index (χ2n) is 3.33. The van der Waals surface area contributed by atoms with Gasteiger partial charge in [-0.1, -0.05) is 31.2 Å². The van der Waals surface area contributed by atoms with E-state index < -0.39 is 0 Å². The molecule has 1 heterocycles. The number of fused-ring (bicyclic) bond motifs is 1. The topological polar surface area (TPSA) is 38.9 Å². The molecule has 0 saturated heterocycles. The highest BCUT2D eigenvalue weighted by Crippen LogP contribution is 2.20. The maximum atomic E-state index is 5.64. The van der Waals surface area contributed by atoms with Crippen LogP contribution in [0.3, 0.4) is 0 Å². The quantitative estimate of drug-likeness (QED) is 0.781.